The third-order valence-electron chi connectivity index (χ3n) is 3.79. The molecule has 0 saturated heterocycles. The number of benzene rings is 1. The van der Waals surface area contributed by atoms with Crippen molar-refractivity contribution in [3.8, 4) is 0 Å². The first-order valence-electron chi connectivity index (χ1n) is 6.59. The number of fused-ring (bicyclic) bond motifs is 1. The van der Waals surface area contributed by atoms with E-state index in [2.05, 4.69) is 21.9 Å². The molecule has 1 heterocycles. The SMILES string of the molecule is CSC1CCCCC1Nc1ccc(N)c2nonc12. The van der Waals surface area contributed by atoms with Crippen LogP contribution in [0.3, 0.4) is 0 Å². The molecule has 5 nitrogen and oxygen atoms in total. The molecular formula is C13H18N4OS. The summed E-state index contributed by atoms with van der Waals surface area (Å²) in [7, 11) is 0. The van der Waals surface area contributed by atoms with E-state index < -0.39 is 0 Å². The zero-order valence-electron chi connectivity index (χ0n) is 10.9. The van der Waals surface area contributed by atoms with Crippen molar-refractivity contribution < 1.29 is 4.63 Å². The number of aromatic nitrogens is 2. The molecule has 0 amide bonds. The molecule has 1 aromatic heterocycles. The van der Waals surface area contributed by atoms with Crippen LogP contribution in [0.4, 0.5) is 11.4 Å². The Morgan fingerprint density at radius 1 is 1.26 bits per heavy atom. The number of hydrogen-bond donors (Lipinski definition) is 2. The van der Waals surface area contributed by atoms with Crippen LogP contribution in [-0.2, 0) is 0 Å². The van der Waals surface area contributed by atoms with Gasteiger partial charge in [0, 0.05) is 11.3 Å². The highest BCUT2D eigenvalue weighted by molar-refractivity contribution is 7.99. The Morgan fingerprint density at radius 2 is 2.05 bits per heavy atom. The normalized spacial score (nSPS) is 23.6. The van der Waals surface area contributed by atoms with Crippen LogP contribution in [0.2, 0.25) is 0 Å². The standard InChI is InChI=1S/C13H18N4OS/c1-19-11-5-3-2-4-9(11)15-10-7-6-8(14)12-13(10)17-18-16-12/h6-7,9,11,15H,2-5,14H2,1H3. The van der Waals surface area contributed by atoms with Crippen molar-refractivity contribution >= 4 is 34.2 Å². The first-order valence-corrected chi connectivity index (χ1v) is 7.88. The zero-order valence-corrected chi connectivity index (χ0v) is 11.7. The second kappa shape index (κ2) is 5.28. The maximum absolute atomic E-state index is 5.86. The van der Waals surface area contributed by atoms with Crippen molar-refractivity contribution in [2.75, 3.05) is 17.3 Å². The van der Waals surface area contributed by atoms with Crippen LogP contribution < -0.4 is 11.1 Å². The van der Waals surface area contributed by atoms with Crippen LogP contribution in [0, 0.1) is 0 Å². The van der Waals surface area contributed by atoms with E-state index in [-0.39, 0.29) is 0 Å². The molecule has 0 bridgehead atoms. The summed E-state index contributed by atoms with van der Waals surface area (Å²) < 4.78 is 4.80. The van der Waals surface area contributed by atoms with E-state index in [1.54, 1.807) is 0 Å². The summed E-state index contributed by atoms with van der Waals surface area (Å²) in [6, 6.07) is 4.30. The monoisotopic (exact) mass is 278 g/mol. The van der Waals surface area contributed by atoms with E-state index in [0.29, 0.717) is 22.5 Å². The number of nitrogens with zero attached hydrogens (tertiary/aromatic N) is 2. The Hall–Kier alpha value is -1.43. The lowest BCUT2D eigenvalue weighted by Gasteiger charge is -2.31. The predicted octanol–water partition coefficient (Wildman–Crippen LogP) is 2.89. The molecule has 102 valence electrons. The van der Waals surface area contributed by atoms with Gasteiger partial charge in [-0.25, -0.2) is 4.63 Å². The Kier molecular flexibility index (Phi) is 3.50. The van der Waals surface area contributed by atoms with Crippen molar-refractivity contribution in [2.45, 2.75) is 37.0 Å². The van der Waals surface area contributed by atoms with Crippen LogP contribution in [-0.4, -0.2) is 27.9 Å². The molecule has 1 aliphatic carbocycles. The van der Waals surface area contributed by atoms with Crippen molar-refractivity contribution in [1.29, 1.82) is 0 Å². The van der Waals surface area contributed by atoms with Gasteiger partial charge in [0.05, 0.1) is 11.4 Å². The minimum absolute atomic E-state index is 0.479. The van der Waals surface area contributed by atoms with E-state index in [1.807, 2.05) is 23.9 Å². The van der Waals surface area contributed by atoms with Crippen LogP contribution in [0.25, 0.3) is 11.0 Å². The number of nitrogens with two attached hydrogens (primary N) is 1. The highest BCUT2D eigenvalue weighted by Crippen LogP contribution is 2.32. The van der Waals surface area contributed by atoms with Gasteiger partial charge in [-0.15, -0.1) is 0 Å². The Morgan fingerprint density at radius 3 is 2.89 bits per heavy atom. The average molecular weight is 278 g/mol. The number of rotatable bonds is 3. The van der Waals surface area contributed by atoms with Gasteiger partial charge in [-0.1, -0.05) is 12.8 Å². The topological polar surface area (TPSA) is 77.0 Å². The van der Waals surface area contributed by atoms with Crippen molar-refractivity contribution in [1.82, 2.24) is 10.3 Å². The van der Waals surface area contributed by atoms with Gasteiger partial charge in [0.2, 0.25) is 0 Å². The molecule has 3 N–H and O–H groups in total. The van der Waals surface area contributed by atoms with E-state index >= 15 is 0 Å². The molecule has 2 unspecified atom stereocenters. The van der Waals surface area contributed by atoms with Gasteiger partial charge in [-0.3, -0.25) is 0 Å². The number of nitrogen functional groups attached to an aromatic ring is 1. The summed E-state index contributed by atoms with van der Waals surface area (Å²) in [5, 5.41) is 12.1. The molecule has 0 radical (unpaired) electrons. The summed E-state index contributed by atoms with van der Waals surface area (Å²) in [5.74, 6) is 0. The number of hydrogen-bond acceptors (Lipinski definition) is 6. The molecular weight excluding hydrogens is 260 g/mol. The Labute approximate surface area is 116 Å². The van der Waals surface area contributed by atoms with E-state index in [0.717, 1.165) is 11.2 Å². The molecule has 1 fully saturated rings. The lowest BCUT2D eigenvalue weighted by Crippen LogP contribution is -2.34. The largest absolute Gasteiger partial charge is 0.397 e. The second-order valence-corrected chi connectivity index (χ2v) is 6.05. The van der Waals surface area contributed by atoms with E-state index in [4.69, 9.17) is 10.4 Å². The number of nitrogens with one attached hydrogen (secondary N) is 1. The van der Waals surface area contributed by atoms with Gasteiger partial charge in [0.1, 0.15) is 0 Å². The lowest BCUT2D eigenvalue weighted by molar-refractivity contribution is 0.315. The minimum atomic E-state index is 0.479. The van der Waals surface area contributed by atoms with Gasteiger partial charge in [-0.2, -0.15) is 11.8 Å². The minimum Gasteiger partial charge on any atom is -0.397 e. The summed E-state index contributed by atoms with van der Waals surface area (Å²) in [5.41, 5.74) is 8.80. The van der Waals surface area contributed by atoms with Crippen molar-refractivity contribution in [3.63, 3.8) is 0 Å². The fraction of sp³-hybridized carbons (Fsp3) is 0.538. The molecule has 2 aromatic rings. The highest BCUT2D eigenvalue weighted by Gasteiger charge is 2.25. The molecule has 3 rings (SSSR count). The third kappa shape index (κ3) is 2.36. The maximum atomic E-state index is 5.86. The maximum Gasteiger partial charge on any atom is 0.160 e. The van der Waals surface area contributed by atoms with Crippen LogP contribution in [0.15, 0.2) is 16.8 Å². The van der Waals surface area contributed by atoms with Crippen molar-refractivity contribution in [3.05, 3.63) is 12.1 Å². The number of thioether (sulfide) groups is 1. The highest BCUT2D eigenvalue weighted by atomic mass is 32.2. The molecule has 19 heavy (non-hydrogen) atoms. The summed E-state index contributed by atoms with van der Waals surface area (Å²) in [6.45, 7) is 0. The van der Waals surface area contributed by atoms with Crippen LogP contribution in [0.5, 0.6) is 0 Å². The quantitative estimate of drug-likeness (QED) is 0.841. The molecule has 1 aromatic carbocycles. The van der Waals surface area contributed by atoms with Gasteiger partial charge in [0.15, 0.2) is 11.0 Å². The van der Waals surface area contributed by atoms with Crippen molar-refractivity contribution in [2.24, 2.45) is 0 Å². The first-order chi connectivity index (χ1) is 9.29. The van der Waals surface area contributed by atoms with Crippen LogP contribution in [0.1, 0.15) is 25.7 Å². The van der Waals surface area contributed by atoms with Crippen LogP contribution >= 0.6 is 11.8 Å². The summed E-state index contributed by atoms with van der Waals surface area (Å²) >= 11 is 1.94. The predicted molar refractivity (Wildman–Crippen MR) is 79.4 cm³/mol. The first kappa shape index (κ1) is 12.6. The molecule has 2 atom stereocenters. The fourth-order valence-corrected chi connectivity index (χ4v) is 3.68. The Bertz CT molecular complexity index is 571. The van der Waals surface area contributed by atoms with Gasteiger partial charge < -0.3 is 11.1 Å². The number of anilines is 2. The molecule has 6 heteroatoms. The van der Waals surface area contributed by atoms with E-state index in [9.17, 15) is 0 Å². The third-order valence-corrected chi connectivity index (χ3v) is 4.96. The lowest BCUT2D eigenvalue weighted by atomic mass is 9.94. The Balaban J connectivity index is 1.88. The molecule has 0 aliphatic heterocycles. The zero-order chi connectivity index (χ0) is 13.2. The van der Waals surface area contributed by atoms with E-state index in [1.165, 1.54) is 25.7 Å². The van der Waals surface area contributed by atoms with Gasteiger partial charge in [0.25, 0.3) is 0 Å². The average Bonchev–Trinajstić information content (AvgIpc) is 2.93. The molecule has 1 saturated carbocycles. The molecule has 0 spiro atoms. The fourth-order valence-electron chi connectivity index (χ4n) is 2.75. The smallest absolute Gasteiger partial charge is 0.160 e. The summed E-state index contributed by atoms with van der Waals surface area (Å²) in [4.78, 5) is 0. The summed E-state index contributed by atoms with van der Waals surface area (Å²) in [6.07, 6.45) is 7.26. The van der Waals surface area contributed by atoms with Gasteiger partial charge in [-0.05, 0) is 41.5 Å². The molecule has 1 aliphatic rings. The van der Waals surface area contributed by atoms with Gasteiger partial charge >= 0.3 is 0 Å². The second-order valence-electron chi connectivity index (χ2n) is 4.97.